The number of hydrogen-bond acceptors (Lipinski definition) is 3. The minimum atomic E-state index is -0.210. The van der Waals surface area contributed by atoms with Gasteiger partial charge in [0.2, 0.25) is 0 Å². The Balaban J connectivity index is 1.28. The summed E-state index contributed by atoms with van der Waals surface area (Å²) in [6.45, 7) is 35.6. The Morgan fingerprint density at radius 2 is 1.07 bits per heavy atom. The number of rotatable bonds is 3. The number of nitrogens with zero attached hydrogens (tertiary/aromatic N) is 2. The van der Waals surface area contributed by atoms with E-state index in [0.717, 1.165) is 29.0 Å². The lowest BCUT2D eigenvalue weighted by atomic mass is 9.36. The van der Waals surface area contributed by atoms with Gasteiger partial charge in [-0.3, -0.25) is 0 Å². The first-order chi connectivity index (χ1) is 31.8. The second-order valence-corrected chi connectivity index (χ2v) is 26.9. The summed E-state index contributed by atoms with van der Waals surface area (Å²) < 4.78 is 19.2. The van der Waals surface area contributed by atoms with Crippen molar-refractivity contribution in [3.8, 4) is 11.1 Å². The predicted molar refractivity (Wildman–Crippen MR) is 294 cm³/mol. The Morgan fingerprint density at radius 3 is 1.69 bits per heavy atom. The third kappa shape index (κ3) is 6.82. The second kappa shape index (κ2) is 14.7. The van der Waals surface area contributed by atoms with Gasteiger partial charge in [0.15, 0.2) is 0 Å². The average Bonchev–Trinajstić information content (AvgIpc) is 3.64. The Kier molecular flexibility index (Phi) is 9.80. The highest BCUT2D eigenvalue weighted by Gasteiger charge is 2.48. The number of benzene rings is 6. The van der Waals surface area contributed by atoms with Gasteiger partial charge in [0, 0.05) is 48.7 Å². The molecule has 0 N–H and O–H groups in total. The van der Waals surface area contributed by atoms with E-state index in [1.165, 1.54) is 101 Å². The van der Waals surface area contributed by atoms with E-state index >= 15 is 4.39 Å². The maximum absolute atomic E-state index is 16.4. The van der Waals surface area contributed by atoms with Crippen LogP contribution in [0.15, 0.2) is 103 Å². The van der Waals surface area contributed by atoms with Crippen molar-refractivity contribution in [3.63, 3.8) is 0 Å². The van der Waals surface area contributed by atoms with Crippen molar-refractivity contribution in [2.45, 2.75) is 162 Å². The zero-order chi connectivity index (χ0) is 48.4. The molecule has 3 heterocycles. The highest BCUT2D eigenvalue weighted by molar-refractivity contribution is 7.33. The molecule has 0 spiro atoms. The van der Waals surface area contributed by atoms with E-state index in [1.54, 1.807) is 12.1 Å². The molecular weight excluding hydrogens is 847 g/mol. The van der Waals surface area contributed by atoms with E-state index in [4.69, 9.17) is 0 Å². The minimum Gasteiger partial charge on any atom is -0.311 e. The largest absolute Gasteiger partial charge is 0.311 e. The monoisotopic (exact) mass is 917 g/mol. The number of anilines is 6. The smallest absolute Gasteiger partial charge is 0.264 e. The maximum Gasteiger partial charge on any atom is 0.264 e. The van der Waals surface area contributed by atoms with Crippen molar-refractivity contribution >= 4 is 78.0 Å². The van der Waals surface area contributed by atoms with Gasteiger partial charge in [0.05, 0.1) is 11.4 Å². The number of hydrogen-bond donors (Lipinski definition) is 0. The summed E-state index contributed by atoms with van der Waals surface area (Å²) >= 11 is 2.01. The molecule has 2 aliphatic carbocycles. The van der Waals surface area contributed by atoms with E-state index < -0.39 is 0 Å². The van der Waals surface area contributed by atoms with Gasteiger partial charge in [-0.2, -0.15) is 0 Å². The molecule has 6 aromatic carbocycles. The molecule has 348 valence electrons. The van der Waals surface area contributed by atoms with Crippen LogP contribution in [0.4, 0.5) is 38.5 Å². The molecule has 68 heavy (non-hydrogen) atoms. The number of aryl methyl sites for hydroxylation is 1. The Labute approximate surface area is 411 Å². The number of thiophene rings is 1. The van der Waals surface area contributed by atoms with Crippen LogP contribution in [0, 0.1) is 12.7 Å². The molecule has 0 unspecified atom stereocenters. The lowest BCUT2D eigenvalue weighted by Gasteiger charge is -2.45. The van der Waals surface area contributed by atoms with Crippen molar-refractivity contribution in [3.05, 3.63) is 148 Å². The van der Waals surface area contributed by atoms with Crippen molar-refractivity contribution in [1.29, 1.82) is 0 Å². The Morgan fingerprint density at radius 1 is 0.529 bits per heavy atom. The molecule has 7 aromatic rings. The van der Waals surface area contributed by atoms with Crippen LogP contribution in [0.25, 0.3) is 21.2 Å². The molecule has 11 rings (SSSR count). The van der Waals surface area contributed by atoms with Gasteiger partial charge < -0.3 is 9.80 Å². The Bertz CT molecular complexity index is 3260. The summed E-state index contributed by atoms with van der Waals surface area (Å²) in [4.78, 5) is 5.18. The van der Waals surface area contributed by atoms with Gasteiger partial charge in [-0.05, 0) is 176 Å². The molecule has 2 aliphatic heterocycles. The standard InChI is InChI=1S/C63H70BFN2S/c1-37-30-52-55-53(31-37)67(50-24-20-38(58(2,3)4)32-42(50)41-18-16-17-19-49(41)65)51-25-21-39(59(5,6)7)33-48(51)64(55)57-56(43-35-46-47(36-54(43)68-57)63(14,15)29-28-62(46,12)13)66(52)40-22-23-44-45(34-40)61(10,11)27-26-60(44,8)9/h16-25,30-36H,26-29H2,1-15H3. The topological polar surface area (TPSA) is 6.48 Å². The maximum atomic E-state index is 16.4. The van der Waals surface area contributed by atoms with Gasteiger partial charge in [-0.25, -0.2) is 4.39 Å². The quantitative estimate of drug-likeness (QED) is 0.163. The van der Waals surface area contributed by atoms with Crippen molar-refractivity contribution in [1.82, 2.24) is 0 Å². The van der Waals surface area contributed by atoms with Crippen LogP contribution >= 0.6 is 11.3 Å². The van der Waals surface area contributed by atoms with E-state index in [2.05, 4.69) is 193 Å². The fourth-order valence-electron chi connectivity index (χ4n) is 12.5. The highest BCUT2D eigenvalue weighted by Crippen LogP contribution is 2.55. The SMILES string of the molecule is Cc1cc2c3c(c1)N(c1ccc4c(c1)C(C)(C)CCC4(C)C)c1c(sc4cc5c(cc14)C(C)(C)CCC5(C)C)B3c1cc(C(C)(C)C)ccc1N2c1ccc(C(C)(C)C)cc1-c1ccccc1F. The summed E-state index contributed by atoms with van der Waals surface area (Å²) in [6.07, 6.45) is 4.68. The van der Waals surface area contributed by atoms with Gasteiger partial charge in [-0.1, -0.05) is 139 Å². The summed E-state index contributed by atoms with van der Waals surface area (Å²) in [5.41, 5.74) is 21.0. The van der Waals surface area contributed by atoms with Crippen LogP contribution < -0.4 is 25.5 Å². The molecule has 0 atom stereocenters. The third-order valence-electron chi connectivity index (χ3n) is 17.0. The second-order valence-electron chi connectivity index (χ2n) is 25.8. The molecular formula is C63H70BFN2S. The summed E-state index contributed by atoms with van der Waals surface area (Å²) in [6, 6.07) is 38.9. The van der Waals surface area contributed by atoms with E-state index in [1.807, 2.05) is 23.5 Å². The van der Waals surface area contributed by atoms with Crippen molar-refractivity contribution in [2.24, 2.45) is 0 Å². The number of halogens is 1. The minimum absolute atomic E-state index is 0.0189. The number of fused-ring (bicyclic) bond motifs is 8. The van der Waals surface area contributed by atoms with Crippen LogP contribution in [-0.2, 0) is 32.5 Å². The molecule has 2 nitrogen and oxygen atoms in total. The fraction of sp³-hybridized carbons (Fsp3) is 0.397. The zero-order valence-corrected chi connectivity index (χ0v) is 44.2. The molecule has 0 saturated carbocycles. The average molecular weight is 917 g/mol. The lowest BCUT2D eigenvalue weighted by molar-refractivity contribution is 0.332. The predicted octanol–water partition coefficient (Wildman–Crippen LogP) is 16.4. The highest BCUT2D eigenvalue weighted by atomic mass is 32.1. The van der Waals surface area contributed by atoms with Crippen LogP contribution in [-0.4, -0.2) is 6.71 Å². The summed E-state index contributed by atoms with van der Waals surface area (Å²) in [7, 11) is 0. The fourth-order valence-corrected chi connectivity index (χ4v) is 13.8. The Hall–Kier alpha value is -5.13. The zero-order valence-electron chi connectivity index (χ0n) is 43.4. The molecule has 0 bridgehead atoms. The molecule has 0 radical (unpaired) electrons. The normalized spacial score (nSPS) is 18.4. The first kappa shape index (κ1) is 45.3. The molecule has 0 amide bonds. The van der Waals surface area contributed by atoms with Gasteiger partial charge in [0.25, 0.3) is 6.71 Å². The van der Waals surface area contributed by atoms with Crippen molar-refractivity contribution < 1.29 is 4.39 Å². The molecule has 1 aromatic heterocycles. The first-order valence-corrected chi connectivity index (χ1v) is 26.1. The molecule has 5 heteroatoms. The lowest BCUT2D eigenvalue weighted by Crippen LogP contribution is -2.60. The summed E-state index contributed by atoms with van der Waals surface area (Å²) in [5.74, 6) is -0.210. The third-order valence-corrected chi connectivity index (χ3v) is 18.2. The van der Waals surface area contributed by atoms with Crippen LogP contribution in [0.3, 0.4) is 0 Å². The van der Waals surface area contributed by atoms with Gasteiger partial charge in [-0.15, -0.1) is 11.3 Å². The molecule has 0 saturated heterocycles. The van der Waals surface area contributed by atoms with E-state index in [-0.39, 0.29) is 45.0 Å². The van der Waals surface area contributed by atoms with E-state index in [0.29, 0.717) is 5.56 Å². The van der Waals surface area contributed by atoms with Crippen LogP contribution in [0.1, 0.15) is 162 Å². The van der Waals surface area contributed by atoms with Gasteiger partial charge in [0.1, 0.15) is 5.82 Å². The van der Waals surface area contributed by atoms with E-state index in [9.17, 15) is 0 Å². The molecule has 0 fully saturated rings. The van der Waals surface area contributed by atoms with Crippen molar-refractivity contribution in [2.75, 3.05) is 9.80 Å². The molecule has 4 aliphatic rings. The first-order valence-electron chi connectivity index (χ1n) is 25.3. The van der Waals surface area contributed by atoms with Gasteiger partial charge >= 0.3 is 0 Å². The summed E-state index contributed by atoms with van der Waals surface area (Å²) in [5, 5.41) is 1.36. The van der Waals surface area contributed by atoms with Crippen LogP contribution in [0.2, 0.25) is 0 Å². The van der Waals surface area contributed by atoms with Crippen LogP contribution in [0.5, 0.6) is 0 Å².